The lowest BCUT2D eigenvalue weighted by atomic mass is 10.1. The van der Waals surface area contributed by atoms with Crippen LogP contribution in [0.2, 0.25) is 0 Å². The molecule has 0 spiro atoms. The number of hydrogen-bond acceptors (Lipinski definition) is 7. The van der Waals surface area contributed by atoms with Gasteiger partial charge in [0.2, 0.25) is 10.0 Å². The van der Waals surface area contributed by atoms with Crippen molar-refractivity contribution in [1.82, 2.24) is 23.7 Å². The Balaban J connectivity index is 1.77. The molecule has 0 unspecified atom stereocenters. The van der Waals surface area contributed by atoms with Crippen LogP contribution in [0.4, 0.5) is 0 Å². The van der Waals surface area contributed by atoms with Gasteiger partial charge in [-0.15, -0.1) is 0 Å². The van der Waals surface area contributed by atoms with Crippen LogP contribution in [-0.2, 0) is 23.5 Å². The molecule has 2 aromatic heterocycles. The quantitative estimate of drug-likeness (QED) is 0.380. The van der Waals surface area contributed by atoms with E-state index in [4.69, 9.17) is 14.8 Å². The number of aryl methyl sites for hydroxylation is 2. The third-order valence-corrected chi connectivity index (χ3v) is 9.12. The molecule has 4 rings (SSSR count). The van der Waals surface area contributed by atoms with E-state index in [1.54, 1.807) is 18.2 Å². The molecular weight excluding hydrogens is 506 g/mol. The molecule has 208 valence electrons. The molecule has 1 aliphatic heterocycles. The summed E-state index contributed by atoms with van der Waals surface area (Å²) in [6.45, 7) is 9.37. The van der Waals surface area contributed by atoms with Crippen molar-refractivity contribution in [2.24, 2.45) is 7.05 Å². The van der Waals surface area contributed by atoms with Gasteiger partial charge in [-0.2, -0.15) is 4.31 Å². The van der Waals surface area contributed by atoms with Gasteiger partial charge in [0.15, 0.2) is 0 Å². The van der Waals surface area contributed by atoms with Gasteiger partial charge in [0.25, 0.3) is 5.56 Å². The van der Waals surface area contributed by atoms with Crippen LogP contribution in [0.5, 0.6) is 5.75 Å². The van der Waals surface area contributed by atoms with E-state index in [2.05, 4.69) is 16.8 Å². The molecule has 38 heavy (non-hydrogen) atoms. The van der Waals surface area contributed by atoms with Crippen molar-refractivity contribution in [3.63, 3.8) is 0 Å². The Bertz CT molecular complexity index is 1440. The minimum Gasteiger partial charge on any atom is -0.493 e. The zero-order valence-corrected chi connectivity index (χ0v) is 23.6. The van der Waals surface area contributed by atoms with E-state index in [1.165, 1.54) is 4.31 Å². The van der Waals surface area contributed by atoms with Gasteiger partial charge in [0, 0.05) is 52.1 Å². The van der Waals surface area contributed by atoms with Crippen LogP contribution >= 0.6 is 0 Å². The fraction of sp³-hybridized carbons (Fsp3) is 0.556. The van der Waals surface area contributed by atoms with Gasteiger partial charge in [-0.25, -0.2) is 13.4 Å². The Morgan fingerprint density at radius 1 is 1.13 bits per heavy atom. The number of fused-ring (bicyclic) bond motifs is 1. The lowest BCUT2D eigenvalue weighted by molar-refractivity contribution is 0.171. The van der Waals surface area contributed by atoms with E-state index in [1.807, 2.05) is 25.5 Å². The highest BCUT2D eigenvalue weighted by Crippen LogP contribution is 2.33. The Labute approximate surface area is 224 Å². The molecule has 0 atom stereocenters. The van der Waals surface area contributed by atoms with E-state index < -0.39 is 10.0 Å². The van der Waals surface area contributed by atoms with Crippen molar-refractivity contribution in [3.8, 4) is 17.1 Å². The van der Waals surface area contributed by atoms with Crippen LogP contribution in [0.1, 0.15) is 44.4 Å². The first-order valence-corrected chi connectivity index (χ1v) is 14.9. The van der Waals surface area contributed by atoms with Crippen molar-refractivity contribution in [2.45, 2.75) is 51.3 Å². The molecule has 1 aliphatic rings. The standard InChI is InChI=1S/C27H39N5O5S/c1-5-8-21-19(3)30(4)25-24(21)28-26(29-27(25)34)22-18-20(9-10-23(22)37-17-6-2)38(35,36)32-14-12-31(13-15-32)11-7-16-33/h9-10,18,33H,5-8,11-17H2,1-4H3,(H,28,29,34). The fourth-order valence-electron chi connectivity index (χ4n) is 5.04. The Hall–Kier alpha value is -2.73. The molecule has 3 aromatic rings. The molecule has 11 heteroatoms. The predicted molar refractivity (Wildman–Crippen MR) is 148 cm³/mol. The lowest BCUT2D eigenvalue weighted by Gasteiger charge is -2.33. The number of sulfonamides is 1. The first-order chi connectivity index (χ1) is 18.2. The van der Waals surface area contributed by atoms with Crippen LogP contribution in [0.3, 0.4) is 0 Å². The highest BCUT2D eigenvalue weighted by atomic mass is 32.2. The summed E-state index contributed by atoms with van der Waals surface area (Å²) in [5.74, 6) is 0.772. The van der Waals surface area contributed by atoms with Gasteiger partial charge in [-0.3, -0.25) is 4.79 Å². The number of aromatic amines is 1. The molecule has 1 aromatic carbocycles. The van der Waals surface area contributed by atoms with E-state index >= 15 is 0 Å². The summed E-state index contributed by atoms with van der Waals surface area (Å²) in [6.07, 6.45) is 3.15. The number of hydrogen-bond donors (Lipinski definition) is 2. The van der Waals surface area contributed by atoms with E-state index in [9.17, 15) is 13.2 Å². The monoisotopic (exact) mass is 545 g/mol. The number of rotatable bonds is 11. The highest BCUT2D eigenvalue weighted by molar-refractivity contribution is 7.89. The van der Waals surface area contributed by atoms with E-state index in [0.717, 1.165) is 37.1 Å². The molecule has 10 nitrogen and oxygen atoms in total. The third kappa shape index (κ3) is 5.51. The summed E-state index contributed by atoms with van der Waals surface area (Å²) < 4.78 is 36.6. The summed E-state index contributed by atoms with van der Waals surface area (Å²) >= 11 is 0. The number of benzene rings is 1. The van der Waals surface area contributed by atoms with E-state index in [-0.39, 0.29) is 17.1 Å². The second-order valence-electron chi connectivity index (χ2n) is 9.81. The predicted octanol–water partition coefficient (Wildman–Crippen LogP) is 2.67. The maximum absolute atomic E-state index is 13.6. The number of aliphatic hydroxyl groups excluding tert-OH is 1. The minimum atomic E-state index is -3.77. The molecule has 0 amide bonds. The van der Waals surface area contributed by atoms with Gasteiger partial charge in [-0.05, 0) is 49.9 Å². The number of aliphatic hydroxyl groups is 1. The SMILES string of the molecule is CCCOc1ccc(S(=O)(=O)N2CCN(CCCO)CC2)cc1-c1nc2c(CCC)c(C)n(C)c2c(=O)[nH]1. The second-order valence-corrected chi connectivity index (χ2v) is 11.8. The van der Waals surface area contributed by atoms with Gasteiger partial charge in [-0.1, -0.05) is 20.3 Å². The zero-order chi connectivity index (χ0) is 27.4. The number of aromatic nitrogens is 3. The summed E-state index contributed by atoms with van der Waals surface area (Å²) in [6, 6.07) is 4.79. The number of ether oxygens (including phenoxy) is 1. The summed E-state index contributed by atoms with van der Waals surface area (Å²) in [5, 5.41) is 9.08. The molecular formula is C27H39N5O5S. The number of nitrogens with one attached hydrogen (secondary N) is 1. The minimum absolute atomic E-state index is 0.123. The second kappa shape index (κ2) is 12.0. The van der Waals surface area contributed by atoms with Gasteiger partial charge in [0.1, 0.15) is 17.1 Å². The normalized spacial score (nSPS) is 15.4. The molecule has 0 aliphatic carbocycles. The zero-order valence-electron chi connectivity index (χ0n) is 22.8. The Morgan fingerprint density at radius 2 is 1.87 bits per heavy atom. The van der Waals surface area contributed by atoms with Crippen LogP contribution in [-0.4, -0.2) is 83.2 Å². The smallest absolute Gasteiger partial charge is 0.275 e. The van der Waals surface area contributed by atoms with Crippen molar-refractivity contribution in [3.05, 3.63) is 39.8 Å². The van der Waals surface area contributed by atoms with Gasteiger partial charge < -0.3 is 24.3 Å². The Morgan fingerprint density at radius 3 is 2.53 bits per heavy atom. The third-order valence-electron chi connectivity index (χ3n) is 7.23. The Kier molecular flexibility index (Phi) is 8.92. The van der Waals surface area contributed by atoms with Crippen LogP contribution in [0, 0.1) is 6.92 Å². The average molecular weight is 546 g/mol. The topological polar surface area (TPSA) is 121 Å². The van der Waals surface area contributed by atoms with Crippen LogP contribution in [0.25, 0.3) is 22.4 Å². The molecule has 0 radical (unpaired) electrons. The number of H-pyrrole nitrogens is 1. The molecule has 1 saturated heterocycles. The van der Waals surface area contributed by atoms with Crippen molar-refractivity contribution >= 4 is 21.1 Å². The maximum Gasteiger partial charge on any atom is 0.275 e. The summed E-state index contributed by atoms with van der Waals surface area (Å²) in [4.78, 5) is 23.3. The lowest BCUT2D eigenvalue weighted by Crippen LogP contribution is -2.48. The molecule has 0 bridgehead atoms. The van der Waals surface area contributed by atoms with Crippen molar-refractivity contribution < 1.29 is 18.3 Å². The molecule has 0 saturated carbocycles. The van der Waals surface area contributed by atoms with Crippen LogP contribution < -0.4 is 10.3 Å². The largest absolute Gasteiger partial charge is 0.493 e. The van der Waals surface area contributed by atoms with Gasteiger partial charge in [0.05, 0.1) is 22.6 Å². The van der Waals surface area contributed by atoms with Gasteiger partial charge >= 0.3 is 0 Å². The first-order valence-electron chi connectivity index (χ1n) is 13.4. The summed E-state index contributed by atoms with van der Waals surface area (Å²) in [5.41, 5.74) is 3.34. The van der Waals surface area contributed by atoms with Crippen molar-refractivity contribution in [2.75, 3.05) is 45.9 Å². The fourth-order valence-corrected chi connectivity index (χ4v) is 6.49. The summed E-state index contributed by atoms with van der Waals surface area (Å²) in [7, 11) is -1.91. The molecule has 3 heterocycles. The highest BCUT2D eigenvalue weighted by Gasteiger charge is 2.29. The van der Waals surface area contributed by atoms with Crippen molar-refractivity contribution in [1.29, 1.82) is 0 Å². The maximum atomic E-state index is 13.6. The first kappa shape index (κ1) is 28.3. The number of piperazine rings is 1. The van der Waals surface area contributed by atoms with E-state index in [0.29, 0.717) is 67.4 Å². The average Bonchev–Trinajstić information content (AvgIpc) is 3.16. The van der Waals surface area contributed by atoms with Crippen LogP contribution in [0.15, 0.2) is 27.9 Å². The molecule has 1 fully saturated rings. The number of nitrogens with zero attached hydrogens (tertiary/aromatic N) is 4. The molecule has 2 N–H and O–H groups in total.